The third-order valence-electron chi connectivity index (χ3n) is 6.73. The topological polar surface area (TPSA) is 103 Å². The molecule has 3 heterocycles. The van der Waals surface area contributed by atoms with Gasteiger partial charge in [-0.3, -0.25) is 19.6 Å². The Hall–Kier alpha value is -4.05. The van der Waals surface area contributed by atoms with Gasteiger partial charge in [0.25, 0.3) is 5.91 Å². The van der Waals surface area contributed by atoms with Gasteiger partial charge in [-0.15, -0.1) is 0 Å². The van der Waals surface area contributed by atoms with Gasteiger partial charge in [-0.25, -0.2) is 0 Å². The summed E-state index contributed by atoms with van der Waals surface area (Å²) < 4.78 is 10.4. The van der Waals surface area contributed by atoms with E-state index in [1.165, 1.54) is 0 Å². The van der Waals surface area contributed by atoms with Gasteiger partial charge in [0, 0.05) is 49.7 Å². The normalized spacial score (nSPS) is 16.0. The smallest absolute Gasteiger partial charge is 0.276 e. The first-order chi connectivity index (χ1) is 17.6. The molecule has 2 aliphatic heterocycles. The van der Waals surface area contributed by atoms with Crippen molar-refractivity contribution in [2.24, 2.45) is 0 Å². The summed E-state index contributed by atoms with van der Waals surface area (Å²) in [5, 5.41) is 9.98. The van der Waals surface area contributed by atoms with Gasteiger partial charge in [0.2, 0.25) is 5.91 Å². The number of nitrogens with zero attached hydrogens (tertiary/aromatic N) is 4. The number of fused-ring (bicyclic) bond motifs is 1. The molecule has 1 saturated heterocycles. The molecule has 5 rings (SSSR count). The predicted molar refractivity (Wildman–Crippen MR) is 137 cm³/mol. The number of amides is 2. The van der Waals surface area contributed by atoms with Crippen LogP contribution < -0.4 is 24.6 Å². The second-order valence-electron chi connectivity index (χ2n) is 8.84. The van der Waals surface area contributed by atoms with E-state index in [9.17, 15) is 9.59 Å². The van der Waals surface area contributed by atoms with Crippen LogP contribution in [0, 0.1) is 0 Å². The number of hydrogen-bond acceptors (Lipinski definition) is 7. The van der Waals surface area contributed by atoms with E-state index in [-0.39, 0.29) is 18.4 Å². The Labute approximate surface area is 209 Å². The van der Waals surface area contributed by atoms with E-state index in [4.69, 9.17) is 9.47 Å². The van der Waals surface area contributed by atoms with Gasteiger partial charge in [0.15, 0.2) is 5.82 Å². The number of aromatic amines is 1. The lowest BCUT2D eigenvalue weighted by molar-refractivity contribution is -0.117. The lowest BCUT2D eigenvalue weighted by Crippen LogP contribution is -2.48. The maximum absolute atomic E-state index is 13.1. The minimum atomic E-state index is -0.163. The van der Waals surface area contributed by atoms with Crippen LogP contribution in [0.2, 0.25) is 0 Å². The monoisotopic (exact) mass is 490 g/mol. The SMILES string of the molecule is COc1ccc(N2CCN(CC(=O)Nc3n[nH]c4c3CCN(c3ccc(OC)cc3)C4=O)CC2)cc1. The Morgan fingerprint density at radius 2 is 1.53 bits per heavy atom. The Morgan fingerprint density at radius 3 is 2.14 bits per heavy atom. The molecule has 10 heteroatoms. The van der Waals surface area contributed by atoms with Crippen molar-refractivity contribution in [1.82, 2.24) is 15.1 Å². The van der Waals surface area contributed by atoms with Gasteiger partial charge in [-0.1, -0.05) is 0 Å². The first-order valence-corrected chi connectivity index (χ1v) is 12.0. The maximum atomic E-state index is 13.1. The summed E-state index contributed by atoms with van der Waals surface area (Å²) in [6, 6.07) is 15.4. The minimum absolute atomic E-state index is 0.132. The van der Waals surface area contributed by atoms with Crippen molar-refractivity contribution < 1.29 is 19.1 Å². The number of rotatable bonds is 7. The second-order valence-corrected chi connectivity index (χ2v) is 8.84. The maximum Gasteiger partial charge on any atom is 0.276 e. The van der Waals surface area contributed by atoms with Crippen LogP contribution in [0.25, 0.3) is 0 Å². The molecule has 36 heavy (non-hydrogen) atoms. The van der Waals surface area contributed by atoms with Crippen LogP contribution in [0.4, 0.5) is 17.2 Å². The van der Waals surface area contributed by atoms with Crippen molar-refractivity contribution in [3.63, 3.8) is 0 Å². The fourth-order valence-electron chi connectivity index (χ4n) is 4.69. The summed E-state index contributed by atoms with van der Waals surface area (Å²) in [5.74, 6) is 1.72. The molecule has 188 valence electrons. The molecule has 2 amide bonds. The predicted octanol–water partition coefficient (Wildman–Crippen LogP) is 2.39. The molecule has 1 fully saturated rings. The summed E-state index contributed by atoms with van der Waals surface area (Å²) in [7, 11) is 3.27. The van der Waals surface area contributed by atoms with Gasteiger partial charge in [0.1, 0.15) is 17.2 Å². The minimum Gasteiger partial charge on any atom is -0.497 e. The quantitative estimate of drug-likeness (QED) is 0.524. The van der Waals surface area contributed by atoms with Crippen molar-refractivity contribution in [2.45, 2.75) is 6.42 Å². The fourth-order valence-corrected chi connectivity index (χ4v) is 4.69. The highest BCUT2D eigenvalue weighted by Gasteiger charge is 2.31. The first kappa shape index (κ1) is 23.7. The lowest BCUT2D eigenvalue weighted by atomic mass is 10.1. The van der Waals surface area contributed by atoms with Gasteiger partial charge in [-0.2, -0.15) is 5.10 Å². The van der Waals surface area contributed by atoms with Crippen LogP contribution in [0.1, 0.15) is 16.1 Å². The van der Waals surface area contributed by atoms with Crippen molar-refractivity contribution in [2.75, 3.05) is 68.6 Å². The van der Waals surface area contributed by atoms with E-state index in [2.05, 4.69) is 37.4 Å². The molecule has 2 aliphatic rings. The van der Waals surface area contributed by atoms with Gasteiger partial charge < -0.3 is 24.6 Å². The molecule has 0 atom stereocenters. The first-order valence-electron chi connectivity index (χ1n) is 12.0. The number of H-pyrrole nitrogens is 1. The van der Waals surface area contributed by atoms with E-state index < -0.39 is 0 Å². The van der Waals surface area contributed by atoms with Crippen LogP contribution in [0.15, 0.2) is 48.5 Å². The van der Waals surface area contributed by atoms with Crippen LogP contribution >= 0.6 is 0 Å². The number of piperazine rings is 1. The molecule has 0 unspecified atom stereocenters. The Bertz CT molecular complexity index is 1220. The molecule has 2 N–H and O–H groups in total. The molecule has 10 nitrogen and oxygen atoms in total. The van der Waals surface area contributed by atoms with Gasteiger partial charge in [0.05, 0.1) is 20.8 Å². The summed E-state index contributed by atoms with van der Waals surface area (Å²) in [5.41, 5.74) is 3.11. The fraction of sp³-hybridized carbons (Fsp3) is 0.346. The van der Waals surface area contributed by atoms with Crippen LogP contribution in [0.5, 0.6) is 11.5 Å². The summed E-state index contributed by atoms with van der Waals surface area (Å²) >= 11 is 0. The number of anilines is 3. The average Bonchev–Trinajstić information content (AvgIpc) is 3.33. The van der Waals surface area contributed by atoms with Crippen molar-refractivity contribution in [3.05, 3.63) is 59.8 Å². The standard InChI is InChI=1S/C26H30N6O4/c1-35-20-7-3-18(4-8-20)31-15-13-30(14-16-31)17-23(33)27-25-22-11-12-32(26(34)24(22)28-29-25)19-5-9-21(36-2)10-6-19/h3-10H,11-17H2,1-2H3,(H2,27,28,29,33). The summed E-state index contributed by atoms with van der Waals surface area (Å²) in [6.45, 7) is 4.04. The number of benzene rings is 2. The number of carbonyl (C=O) groups is 2. The van der Waals surface area contributed by atoms with E-state index in [1.807, 2.05) is 36.4 Å². The highest BCUT2D eigenvalue weighted by atomic mass is 16.5. The largest absolute Gasteiger partial charge is 0.497 e. The third kappa shape index (κ3) is 4.85. The summed E-state index contributed by atoms with van der Waals surface area (Å²) in [4.78, 5) is 32.0. The molecule has 0 bridgehead atoms. The zero-order valence-corrected chi connectivity index (χ0v) is 20.5. The van der Waals surface area contributed by atoms with E-state index in [1.54, 1.807) is 19.1 Å². The molecule has 2 aromatic carbocycles. The molecular weight excluding hydrogens is 460 g/mol. The van der Waals surface area contributed by atoms with Crippen molar-refractivity contribution in [3.8, 4) is 11.5 Å². The summed E-state index contributed by atoms with van der Waals surface area (Å²) in [6.07, 6.45) is 0.597. The van der Waals surface area contributed by atoms with Gasteiger partial charge in [-0.05, 0) is 55.0 Å². The van der Waals surface area contributed by atoms with E-state index in [0.29, 0.717) is 24.5 Å². The number of hydrogen-bond donors (Lipinski definition) is 2. The highest BCUT2D eigenvalue weighted by molar-refractivity contribution is 6.08. The number of nitrogens with one attached hydrogen (secondary N) is 2. The number of carbonyl (C=O) groups excluding carboxylic acids is 2. The molecule has 0 saturated carbocycles. The van der Waals surface area contributed by atoms with E-state index >= 15 is 0 Å². The Balaban J connectivity index is 1.15. The zero-order valence-electron chi connectivity index (χ0n) is 20.5. The van der Waals surface area contributed by atoms with E-state index in [0.717, 1.165) is 54.6 Å². The van der Waals surface area contributed by atoms with Crippen LogP contribution in [-0.4, -0.2) is 80.4 Å². The Kier molecular flexibility index (Phi) is 6.77. The lowest BCUT2D eigenvalue weighted by Gasteiger charge is -2.35. The van der Waals surface area contributed by atoms with Crippen molar-refractivity contribution >= 4 is 29.0 Å². The molecule has 1 aromatic heterocycles. The Morgan fingerprint density at radius 1 is 0.917 bits per heavy atom. The number of ether oxygens (including phenoxy) is 2. The number of methoxy groups -OCH3 is 2. The molecule has 0 spiro atoms. The molecule has 3 aromatic rings. The molecule has 0 aliphatic carbocycles. The number of aromatic nitrogens is 2. The average molecular weight is 491 g/mol. The van der Waals surface area contributed by atoms with Crippen LogP contribution in [-0.2, 0) is 11.2 Å². The third-order valence-corrected chi connectivity index (χ3v) is 6.73. The van der Waals surface area contributed by atoms with Gasteiger partial charge >= 0.3 is 0 Å². The highest BCUT2D eigenvalue weighted by Crippen LogP contribution is 2.28. The molecular formula is C26H30N6O4. The molecule has 0 radical (unpaired) electrons. The zero-order chi connectivity index (χ0) is 25.1. The van der Waals surface area contributed by atoms with Crippen LogP contribution in [0.3, 0.4) is 0 Å². The van der Waals surface area contributed by atoms with Crippen molar-refractivity contribution in [1.29, 1.82) is 0 Å². The second kappa shape index (κ2) is 10.3.